The van der Waals surface area contributed by atoms with Crippen LogP contribution in [0.1, 0.15) is 6.92 Å². The number of aromatic nitrogens is 4. The number of hydrogen-bond donors (Lipinski definition) is 1. The van der Waals surface area contributed by atoms with Gasteiger partial charge in [-0.1, -0.05) is 11.8 Å². The van der Waals surface area contributed by atoms with E-state index >= 15 is 0 Å². The lowest BCUT2D eigenvalue weighted by molar-refractivity contribution is -0.115. The third kappa shape index (κ3) is 4.46. The molecule has 0 spiro atoms. The van der Waals surface area contributed by atoms with E-state index < -0.39 is 0 Å². The van der Waals surface area contributed by atoms with Gasteiger partial charge in [0, 0.05) is 50.5 Å². The van der Waals surface area contributed by atoms with Crippen molar-refractivity contribution in [1.29, 1.82) is 0 Å². The van der Waals surface area contributed by atoms with E-state index in [1.54, 1.807) is 12.4 Å². The summed E-state index contributed by atoms with van der Waals surface area (Å²) in [6, 6.07) is 11.5. The quantitative estimate of drug-likeness (QED) is 0.661. The van der Waals surface area contributed by atoms with Crippen molar-refractivity contribution in [3.8, 4) is 11.4 Å². The SMILES string of the molecule is CC(Sc1nnc(-c2cccnc2)n1C)C(=O)Nc1ccc(N(C)C)cc1. The van der Waals surface area contributed by atoms with E-state index in [-0.39, 0.29) is 11.2 Å². The first-order valence-electron chi connectivity index (χ1n) is 8.50. The lowest BCUT2D eigenvalue weighted by atomic mass is 10.2. The molecule has 1 aromatic carbocycles. The van der Waals surface area contributed by atoms with Gasteiger partial charge in [0.15, 0.2) is 11.0 Å². The second kappa shape index (κ2) is 8.22. The Morgan fingerprint density at radius 2 is 1.93 bits per heavy atom. The van der Waals surface area contributed by atoms with Crippen molar-refractivity contribution in [1.82, 2.24) is 19.7 Å². The number of thioether (sulfide) groups is 1. The molecule has 3 rings (SSSR count). The maximum atomic E-state index is 12.5. The van der Waals surface area contributed by atoms with Gasteiger partial charge in [-0.25, -0.2) is 0 Å². The molecule has 0 saturated heterocycles. The van der Waals surface area contributed by atoms with E-state index in [1.807, 2.05) is 73.9 Å². The van der Waals surface area contributed by atoms with Crippen molar-refractivity contribution in [3.63, 3.8) is 0 Å². The number of pyridine rings is 1. The number of hydrogen-bond acceptors (Lipinski definition) is 6. The maximum absolute atomic E-state index is 12.5. The molecule has 2 heterocycles. The molecule has 2 aromatic heterocycles. The first-order valence-corrected chi connectivity index (χ1v) is 9.38. The average Bonchev–Trinajstić information content (AvgIpc) is 3.03. The standard InChI is InChI=1S/C19H22N6OS/c1-13(18(26)21-15-7-9-16(10-8-15)24(2)3)27-19-23-22-17(25(19)4)14-6-5-11-20-12-14/h5-13H,1-4H3,(H,21,26). The number of carbonyl (C=O) groups is 1. The fraction of sp³-hybridized carbons (Fsp3) is 0.263. The van der Waals surface area contributed by atoms with Gasteiger partial charge in [0.25, 0.3) is 0 Å². The molecule has 1 amide bonds. The van der Waals surface area contributed by atoms with Gasteiger partial charge in [-0.05, 0) is 43.3 Å². The van der Waals surface area contributed by atoms with Gasteiger partial charge >= 0.3 is 0 Å². The first-order chi connectivity index (χ1) is 13.0. The fourth-order valence-electron chi connectivity index (χ4n) is 2.46. The summed E-state index contributed by atoms with van der Waals surface area (Å²) in [7, 11) is 5.84. The highest BCUT2D eigenvalue weighted by Gasteiger charge is 2.19. The average molecular weight is 382 g/mol. The Bertz CT molecular complexity index is 908. The normalized spacial score (nSPS) is 11.9. The molecule has 1 atom stereocenters. The van der Waals surface area contributed by atoms with Gasteiger partial charge in [0.2, 0.25) is 5.91 Å². The van der Waals surface area contributed by atoms with Gasteiger partial charge in [0.05, 0.1) is 5.25 Å². The van der Waals surface area contributed by atoms with Crippen molar-refractivity contribution >= 4 is 29.0 Å². The number of amides is 1. The minimum atomic E-state index is -0.317. The van der Waals surface area contributed by atoms with Crippen molar-refractivity contribution in [2.45, 2.75) is 17.3 Å². The van der Waals surface area contributed by atoms with E-state index in [0.717, 1.165) is 22.8 Å². The summed E-state index contributed by atoms with van der Waals surface area (Å²) in [5.74, 6) is 0.640. The molecule has 0 fully saturated rings. The Balaban J connectivity index is 1.65. The molecule has 0 aliphatic heterocycles. The third-order valence-electron chi connectivity index (χ3n) is 4.06. The zero-order valence-corrected chi connectivity index (χ0v) is 16.6. The summed E-state index contributed by atoms with van der Waals surface area (Å²) < 4.78 is 1.87. The minimum absolute atomic E-state index is 0.0801. The predicted molar refractivity (Wildman–Crippen MR) is 109 cm³/mol. The van der Waals surface area contributed by atoms with Crippen molar-refractivity contribution < 1.29 is 4.79 Å². The Hall–Kier alpha value is -2.87. The summed E-state index contributed by atoms with van der Waals surface area (Å²) >= 11 is 1.37. The zero-order valence-electron chi connectivity index (χ0n) is 15.7. The molecular formula is C19H22N6OS. The van der Waals surface area contributed by atoms with Gasteiger partial charge in [-0.15, -0.1) is 10.2 Å². The highest BCUT2D eigenvalue weighted by Crippen LogP contribution is 2.26. The molecule has 7 nitrogen and oxygen atoms in total. The lowest BCUT2D eigenvalue weighted by Crippen LogP contribution is -2.22. The third-order valence-corrected chi connectivity index (χ3v) is 5.19. The van der Waals surface area contributed by atoms with Gasteiger partial charge < -0.3 is 14.8 Å². The van der Waals surface area contributed by atoms with Crippen LogP contribution >= 0.6 is 11.8 Å². The molecule has 1 unspecified atom stereocenters. The van der Waals surface area contributed by atoms with Crippen LogP contribution in [0, 0.1) is 0 Å². The molecule has 0 bridgehead atoms. The van der Waals surface area contributed by atoms with E-state index in [0.29, 0.717) is 5.16 Å². The smallest absolute Gasteiger partial charge is 0.237 e. The highest BCUT2D eigenvalue weighted by atomic mass is 32.2. The topological polar surface area (TPSA) is 75.9 Å². The minimum Gasteiger partial charge on any atom is -0.378 e. The molecular weight excluding hydrogens is 360 g/mol. The first kappa shape index (κ1) is 18.9. The molecule has 0 saturated carbocycles. The summed E-state index contributed by atoms with van der Waals surface area (Å²) in [5.41, 5.74) is 2.74. The summed E-state index contributed by atoms with van der Waals surface area (Å²) in [6.45, 7) is 1.85. The van der Waals surface area contributed by atoms with Crippen LogP contribution in [0.4, 0.5) is 11.4 Å². The molecule has 8 heteroatoms. The molecule has 27 heavy (non-hydrogen) atoms. The van der Waals surface area contributed by atoms with Crippen LogP contribution in [0.3, 0.4) is 0 Å². The fourth-order valence-corrected chi connectivity index (χ4v) is 3.28. The van der Waals surface area contributed by atoms with Crippen LogP contribution in [0.15, 0.2) is 53.9 Å². The van der Waals surface area contributed by atoms with Crippen LogP contribution in [0.5, 0.6) is 0 Å². The van der Waals surface area contributed by atoms with Crippen LogP contribution in [-0.4, -0.2) is 45.0 Å². The highest BCUT2D eigenvalue weighted by molar-refractivity contribution is 8.00. The lowest BCUT2D eigenvalue weighted by Gasteiger charge is -2.14. The zero-order chi connectivity index (χ0) is 19.4. The van der Waals surface area contributed by atoms with E-state index in [1.165, 1.54) is 11.8 Å². The van der Waals surface area contributed by atoms with Crippen LogP contribution < -0.4 is 10.2 Å². The Kier molecular flexibility index (Phi) is 5.75. The van der Waals surface area contributed by atoms with Crippen LogP contribution in [-0.2, 0) is 11.8 Å². The van der Waals surface area contributed by atoms with Gasteiger partial charge in [0.1, 0.15) is 0 Å². The Morgan fingerprint density at radius 1 is 1.19 bits per heavy atom. The van der Waals surface area contributed by atoms with Gasteiger partial charge in [-0.2, -0.15) is 0 Å². The molecule has 1 N–H and O–H groups in total. The molecule has 3 aromatic rings. The van der Waals surface area contributed by atoms with E-state index in [9.17, 15) is 4.79 Å². The predicted octanol–water partition coefficient (Wildman–Crippen LogP) is 3.06. The summed E-state index contributed by atoms with van der Waals surface area (Å²) in [6.07, 6.45) is 3.46. The maximum Gasteiger partial charge on any atom is 0.237 e. The Labute approximate surface area is 162 Å². The van der Waals surface area contributed by atoms with Crippen molar-refractivity contribution in [3.05, 3.63) is 48.8 Å². The number of benzene rings is 1. The number of nitrogens with zero attached hydrogens (tertiary/aromatic N) is 5. The second-order valence-electron chi connectivity index (χ2n) is 6.30. The van der Waals surface area contributed by atoms with Crippen molar-refractivity contribution in [2.75, 3.05) is 24.3 Å². The number of anilines is 2. The van der Waals surface area contributed by atoms with Crippen LogP contribution in [0.2, 0.25) is 0 Å². The number of carbonyl (C=O) groups excluding carboxylic acids is 1. The molecule has 0 aliphatic rings. The monoisotopic (exact) mass is 382 g/mol. The second-order valence-corrected chi connectivity index (χ2v) is 7.61. The molecule has 0 aliphatic carbocycles. The van der Waals surface area contributed by atoms with E-state index in [2.05, 4.69) is 20.5 Å². The van der Waals surface area contributed by atoms with Crippen molar-refractivity contribution in [2.24, 2.45) is 7.05 Å². The van der Waals surface area contributed by atoms with E-state index in [4.69, 9.17) is 0 Å². The summed E-state index contributed by atoms with van der Waals surface area (Å²) in [4.78, 5) is 18.6. The number of rotatable bonds is 6. The number of nitrogens with one attached hydrogen (secondary N) is 1. The van der Waals surface area contributed by atoms with Gasteiger partial charge in [-0.3, -0.25) is 9.78 Å². The molecule has 140 valence electrons. The molecule has 0 radical (unpaired) electrons. The largest absolute Gasteiger partial charge is 0.378 e. The van der Waals surface area contributed by atoms with Crippen LogP contribution in [0.25, 0.3) is 11.4 Å². The summed E-state index contributed by atoms with van der Waals surface area (Å²) in [5, 5.41) is 11.7. The Morgan fingerprint density at radius 3 is 2.56 bits per heavy atom.